The molecule has 24 heavy (non-hydrogen) atoms. The van der Waals surface area contributed by atoms with Crippen LogP contribution in [0.2, 0.25) is 5.02 Å². The third-order valence-corrected chi connectivity index (χ3v) is 3.86. The summed E-state index contributed by atoms with van der Waals surface area (Å²) in [6, 6.07) is 9.36. The van der Waals surface area contributed by atoms with Gasteiger partial charge in [0.2, 0.25) is 5.95 Å². The number of amides is 1. The van der Waals surface area contributed by atoms with Crippen molar-refractivity contribution >= 4 is 23.6 Å². The fraction of sp³-hybridized carbons (Fsp3) is 0.353. The molecule has 1 aromatic heterocycles. The average molecular weight is 349 g/mol. The van der Waals surface area contributed by atoms with Crippen molar-refractivity contribution in [3.63, 3.8) is 0 Å². The summed E-state index contributed by atoms with van der Waals surface area (Å²) in [4.78, 5) is 21.9. The van der Waals surface area contributed by atoms with Crippen LogP contribution in [0.5, 0.6) is 0 Å². The Bertz CT molecular complexity index is 687. The lowest BCUT2D eigenvalue weighted by molar-refractivity contribution is 0.194. The molecule has 0 aliphatic rings. The Morgan fingerprint density at radius 3 is 2.46 bits per heavy atom. The molecule has 0 bridgehead atoms. The van der Waals surface area contributed by atoms with Crippen molar-refractivity contribution in [1.82, 2.24) is 15.3 Å². The molecular formula is C17H21ClN4O2. The molecule has 0 aliphatic carbocycles. The molecule has 7 heteroatoms. The molecule has 0 fully saturated rings. The van der Waals surface area contributed by atoms with Gasteiger partial charge in [0.15, 0.2) is 0 Å². The Labute approximate surface area is 146 Å². The summed E-state index contributed by atoms with van der Waals surface area (Å²) < 4.78 is 0. The largest absolute Gasteiger partial charge is 0.465 e. The number of halogens is 1. The molecule has 2 N–H and O–H groups in total. The Kier molecular flexibility index (Phi) is 6.37. The SMILES string of the molecule is CCN(CC)c1nc(CCNC(=O)O)cc(-c2ccc(Cl)cc2)n1. The lowest BCUT2D eigenvalue weighted by atomic mass is 10.1. The van der Waals surface area contributed by atoms with E-state index in [9.17, 15) is 4.79 Å². The van der Waals surface area contributed by atoms with Crippen LogP contribution >= 0.6 is 11.6 Å². The first-order valence-corrected chi connectivity index (χ1v) is 8.27. The molecule has 1 aromatic carbocycles. The molecule has 2 rings (SSSR count). The zero-order chi connectivity index (χ0) is 17.5. The van der Waals surface area contributed by atoms with E-state index in [-0.39, 0.29) is 0 Å². The summed E-state index contributed by atoms with van der Waals surface area (Å²) in [6.07, 6.45) is -0.533. The second-order valence-corrected chi connectivity index (χ2v) is 5.64. The van der Waals surface area contributed by atoms with Gasteiger partial charge in [0, 0.05) is 42.3 Å². The summed E-state index contributed by atoms with van der Waals surface area (Å²) in [5.74, 6) is 0.651. The highest BCUT2D eigenvalue weighted by atomic mass is 35.5. The monoisotopic (exact) mass is 348 g/mol. The van der Waals surface area contributed by atoms with Gasteiger partial charge in [0.05, 0.1) is 5.69 Å². The molecular weight excluding hydrogens is 328 g/mol. The molecule has 0 radical (unpaired) electrons. The predicted octanol–water partition coefficient (Wildman–Crippen LogP) is 3.45. The molecule has 128 valence electrons. The molecule has 0 unspecified atom stereocenters. The van der Waals surface area contributed by atoms with Crippen LogP contribution in [0, 0.1) is 0 Å². The maximum absolute atomic E-state index is 10.6. The van der Waals surface area contributed by atoms with Crippen LogP contribution in [-0.4, -0.2) is 40.8 Å². The van der Waals surface area contributed by atoms with Crippen molar-refractivity contribution in [3.8, 4) is 11.3 Å². The second-order valence-electron chi connectivity index (χ2n) is 5.21. The highest BCUT2D eigenvalue weighted by Gasteiger charge is 2.11. The van der Waals surface area contributed by atoms with E-state index in [0.717, 1.165) is 30.0 Å². The standard InChI is InChI=1S/C17H21ClN4O2/c1-3-22(4-2)16-20-14(9-10-19-17(23)24)11-15(21-16)12-5-7-13(18)8-6-12/h5-8,11,19H,3-4,9-10H2,1-2H3,(H,23,24). The second kappa shape index (κ2) is 8.49. The van der Waals surface area contributed by atoms with Gasteiger partial charge in [0.25, 0.3) is 0 Å². The lowest BCUT2D eigenvalue weighted by Gasteiger charge is -2.20. The normalized spacial score (nSPS) is 10.5. The number of benzene rings is 1. The predicted molar refractivity (Wildman–Crippen MR) is 95.8 cm³/mol. The van der Waals surface area contributed by atoms with Crippen molar-refractivity contribution in [2.24, 2.45) is 0 Å². The Balaban J connectivity index is 2.35. The van der Waals surface area contributed by atoms with E-state index in [0.29, 0.717) is 23.9 Å². The molecule has 1 heterocycles. The zero-order valence-corrected chi connectivity index (χ0v) is 14.5. The van der Waals surface area contributed by atoms with Crippen LogP contribution in [0.25, 0.3) is 11.3 Å². The van der Waals surface area contributed by atoms with Crippen molar-refractivity contribution in [2.45, 2.75) is 20.3 Å². The fourth-order valence-corrected chi connectivity index (χ4v) is 2.45. The van der Waals surface area contributed by atoms with E-state index in [1.165, 1.54) is 0 Å². The first-order chi connectivity index (χ1) is 11.5. The van der Waals surface area contributed by atoms with Crippen molar-refractivity contribution in [1.29, 1.82) is 0 Å². The minimum atomic E-state index is -1.04. The van der Waals surface area contributed by atoms with Crippen LogP contribution in [0.1, 0.15) is 19.5 Å². The fourth-order valence-electron chi connectivity index (χ4n) is 2.33. The third-order valence-electron chi connectivity index (χ3n) is 3.61. The number of hydrogen-bond donors (Lipinski definition) is 2. The molecule has 0 saturated heterocycles. The smallest absolute Gasteiger partial charge is 0.404 e. The molecule has 0 atom stereocenters. The van der Waals surface area contributed by atoms with E-state index >= 15 is 0 Å². The number of hydrogen-bond acceptors (Lipinski definition) is 4. The summed E-state index contributed by atoms with van der Waals surface area (Å²) in [6.45, 7) is 6.01. The zero-order valence-electron chi connectivity index (χ0n) is 13.8. The number of aromatic nitrogens is 2. The van der Waals surface area contributed by atoms with E-state index in [2.05, 4.69) is 20.2 Å². The number of nitrogens with one attached hydrogen (secondary N) is 1. The average Bonchev–Trinajstić information content (AvgIpc) is 2.56. The molecule has 6 nitrogen and oxygen atoms in total. The minimum Gasteiger partial charge on any atom is -0.465 e. The number of anilines is 1. The summed E-state index contributed by atoms with van der Waals surface area (Å²) in [5, 5.41) is 11.7. The van der Waals surface area contributed by atoms with Gasteiger partial charge >= 0.3 is 6.09 Å². The highest BCUT2D eigenvalue weighted by molar-refractivity contribution is 6.30. The van der Waals surface area contributed by atoms with Gasteiger partial charge in [-0.15, -0.1) is 0 Å². The van der Waals surface area contributed by atoms with E-state index in [1.54, 1.807) is 0 Å². The molecule has 0 aliphatic heterocycles. The van der Waals surface area contributed by atoms with Gasteiger partial charge in [0.1, 0.15) is 0 Å². The van der Waals surface area contributed by atoms with Crippen molar-refractivity contribution < 1.29 is 9.90 Å². The molecule has 0 spiro atoms. The van der Waals surface area contributed by atoms with Gasteiger partial charge < -0.3 is 15.3 Å². The topological polar surface area (TPSA) is 78.4 Å². The van der Waals surface area contributed by atoms with Crippen molar-refractivity contribution in [2.75, 3.05) is 24.5 Å². The Hall–Kier alpha value is -2.34. The number of carboxylic acid groups (broad SMARTS) is 1. The highest BCUT2D eigenvalue weighted by Crippen LogP contribution is 2.23. The van der Waals surface area contributed by atoms with Crippen LogP contribution in [0.4, 0.5) is 10.7 Å². The minimum absolute atomic E-state index is 0.310. The number of carbonyl (C=O) groups is 1. The summed E-state index contributed by atoms with van der Waals surface area (Å²) in [7, 11) is 0. The lowest BCUT2D eigenvalue weighted by Crippen LogP contribution is -2.26. The Morgan fingerprint density at radius 2 is 1.88 bits per heavy atom. The third kappa shape index (κ3) is 4.83. The van der Waals surface area contributed by atoms with Gasteiger partial charge in [-0.3, -0.25) is 0 Å². The van der Waals surface area contributed by atoms with E-state index in [4.69, 9.17) is 16.7 Å². The summed E-state index contributed by atoms with van der Waals surface area (Å²) in [5.41, 5.74) is 2.54. The first kappa shape index (κ1) is 18.0. The van der Waals surface area contributed by atoms with Crippen LogP contribution in [0.3, 0.4) is 0 Å². The quantitative estimate of drug-likeness (QED) is 0.801. The van der Waals surface area contributed by atoms with Crippen LogP contribution in [-0.2, 0) is 6.42 Å². The van der Waals surface area contributed by atoms with Crippen LogP contribution < -0.4 is 10.2 Å². The van der Waals surface area contributed by atoms with E-state index in [1.807, 2.05) is 44.2 Å². The maximum Gasteiger partial charge on any atom is 0.404 e. The molecule has 1 amide bonds. The summed E-state index contributed by atoms with van der Waals surface area (Å²) >= 11 is 5.95. The maximum atomic E-state index is 10.6. The van der Waals surface area contributed by atoms with Gasteiger partial charge in [-0.2, -0.15) is 0 Å². The first-order valence-electron chi connectivity index (χ1n) is 7.89. The molecule has 0 saturated carbocycles. The van der Waals surface area contributed by atoms with Gasteiger partial charge in [-0.25, -0.2) is 14.8 Å². The number of rotatable bonds is 7. The van der Waals surface area contributed by atoms with E-state index < -0.39 is 6.09 Å². The van der Waals surface area contributed by atoms with Gasteiger partial charge in [-0.05, 0) is 32.0 Å². The van der Waals surface area contributed by atoms with Crippen LogP contribution in [0.15, 0.2) is 30.3 Å². The van der Waals surface area contributed by atoms with Gasteiger partial charge in [-0.1, -0.05) is 23.7 Å². The van der Waals surface area contributed by atoms with Crippen molar-refractivity contribution in [3.05, 3.63) is 41.0 Å². The Morgan fingerprint density at radius 1 is 1.21 bits per heavy atom. The number of nitrogens with zero attached hydrogens (tertiary/aromatic N) is 3. The molecule has 2 aromatic rings.